The number of aromatic nitrogens is 4. The van der Waals surface area contributed by atoms with E-state index < -0.39 is 0 Å². The van der Waals surface area contributed by atoms with Crippen LogP contribution in [0.3, 0.4) is 0 Å². The van der Waals surface area contributed by atoms with E-state index in [1.54, 1.807) is 18.6 Å². The molecule has 2 N–H and O–H groups in total. The molecule has 0 radical (unpaired) electrons. The molecule has 0 spiro atoms. The summed E-state index contributed by atoms with van der Waals surface area (Å²) in [6.45, 7) is 2.10. The third-order valence-electron chi connectivity index (χ3n) is 3.16. The molecule has 1 aliphatic heterocycles. The van der Waals surface area contributed by atoms with E-state index in [1.165, 1.54) is 0 Å². The Morgan fingerprint density at radius 3 is 2.68 bits per heavy atom. The molecule has 19 heavy (non-hydrogen) atoms. The van der Waals surface area contributed by atoms with E-state index in [2.05, 4.69) is 25.7 Å². The van der Waals surface area contributed by atoms with Crippen molar-refractivity contribution in [3.8, 4) is 0 Å². The third-order valence-corrected chi connectivity index (χ3v) is 3.36. The summed E-state index contributed by atoms with van der Waals surface area (Å²) in [4.78, 5) is 8.19. The fourth-order valence-corrected chi connectivity index (χ4v) is 2.28. The number of nitrogens with zero attached hydrogens (tertiary/aromatic N) is 4. The number of hydrogen-bond donors (Lipinski definition) is 2. The second-order valence-corrected chi connectivity index (χ2v) is 4.98. The van der Waals surface area contributed by atoms with Gasteiger partial charge < -0.3 is 10.6 Å². The molecule has 0 aliphatic carbocycles. The van der Waals surface area contributed by atoms with E-state index in [0.717, 1.165) is 31.6 Å². The molecular weight excluding hydrogens is 264 g/mol. The van der Waals surface area contributed by atoms with E-state index in [1.807, 2.05) is 10.9 Å². The van der Waals surface area contributed by atoms with Gasteiger partial charge in [0.1, 0.15) is 0 Å². The van der Waals surface area contributed by atoms with Gasteiger partial charge in [0.25, 0.3) is 0 Å². The first-order valence-corrected chi connectivity index (χ1v) is 6.68. The lowest BCUT2D eigenvalue weighted by Gasteiger charge is -2.22. The minimum absolute atomic E-state index is 0.475. The largest absolute Gasteiger partial charge is 0.321 e. The number of piperidine rings is 1. The summed E-state index contributed by atoms with van der Waals surface area (Å²) in [5.41, 5.74) is 0.890. The Morgan fingerprint density at radius 1 is 1.21 bits per heavy atom. The molecule has 0 unspecified atom stereocenters. The van der Waals surface area contributed by atoms with Crippen molar-refractivity contribution >= 4 is 23.2 Å². The topological polar surface area (TPSA) is 67.7 Å². The second kappa shape index (κ2) is 5.54. The number of rotatable bonds is 3. The molecule has 0 atom stereocenters. The summed E-state index contributed by atoms with van der Waals surface area (Å²) in [7, 11) is 0. The molecule has 100 valence electrons. The smallest absolute Gasteiger partial charge is 0.227 e. The highest BCUT2D eigenvalue weighted by molar-refractivity contribution is 6.30. The van der Waals surface area contributed by atoms with E-state index in [9.17, 15) is 0 Å². The van der Waals surface area contributed by atoms with E-state index >= 15 is 0 Å². The quantitative estimate of drug-likeness (QED) is 0.899. The average Bonchev–Trinajstić information content (AvgIpc) is 2.91. The van der Waals surface area contributed by atoms with Crippen LogP contribution in [0.1, 0.15) is 18.9 Å². The highest BCUT2D eigenvalue weighted by Crippen LogP contribution is 2.20. The minimum Gasteiger partial charge on any atom is -0.321 e. The van der Waals surface area contributed by atoms with E-state index in [-0.39, 0.29) is 0 Å². The second-order valence-electron chi connectivity index (χ2n) is 4.54. The van der Waals surface area contributed by atoms with Crippen molar-refractivity contribution in [2.45, 2.75) is 18.9 Å². The van der Waals surface area contributed by atoms with Gasteiger partial charge in [0.15, 0.2) is 0 Å². The van der Waals surface area contributed by atoms with Crippen LogP contribution in [0.15, 0.2) is 24.8 Å². The molecule has 3 rings (SSSR count). The Balaban J connectivity index is 1.68. The predicted octanol–water partition coefficient (Wildman–Crippen LogP) is 1.99. The van der Waals surface area contributed by atoms with Crippen molar-refractivity contribution in [2.75, 3.05) is 18.4 Å². The average molecular weight is 279 g/mol. The van der Waals surface area contributed by atoms with Gasteiger partial charge in [0.05, 0.1) is 35.3 Å². The molecule has 6 nitrogen and oxygen atoms in total. The van der Waals surface area contributed by atoms with Gasteiger partial charge in [0, 0.05) is 6.20 Å². The first-order chi connectivity index (χ1) is 9.31. The van der Waals surface area contributed by atoms with Gasteiger partial charge in [-0.2, -0.15) is 5.10 Å². The third kappa shape index (κ3) is 3.02. The lowest BCUT2D eigenvalue weighted by molar-refractivity contribution is 0.343. The maximum Gasteiger partial charge on any atom is 0.227 e. The van der Waals surface area contributed by atoms with Gasteiger partial charge in [-0.25, -0.2) is 9.97 Å². The zero-order chi connectivity index (χ0) is 13.1. The van der Waals surface area contributed by atoms with Crippen LogP contribution in [0.5, 0.6) is 0 Å². The van der Waals surface area contributed by atoms with E-state index in [4.69, 9.17) is 11.6 Å². The van der Waals surface area contributed by atoms with Crippen molar-refractivity contribution < 1.29 is 0 Å². The predicted molar refractivity (Wildman–Crippen MR) is 73.7 cm³/mol. The van der Waals surface area contributed by atoms with Crippen LogP contribution in [-0.2, 0) is 0 Å². The number of anilines is 2. The Labute approximate surface area is 116 Å². The summed E-state index contributed by atoms with van der Waals surface area (Å²) in [6, 6.07) is 0.475. The molecule has 2 aromatic heterocycles. The molecule has 7 heteroatoms. The summed E-state index contributed by atoms with van der Waals surface area (Å²) in [5, 5.41) is 11.4. The van der Waals surface area contributed by atoms with Crippen LogP contribution >= 0.6 is 11.6 Å². The monoisotopic (exact) mass is 278 g/mol. The molecule has 0 amide bonds. The highest BCUT2D eigenvalue weighted by Gasteiger charge is 2.15. The maximum atomic E-state index is 5.75. The van der Waals surface area contributed by atoms with Crippen molar-refractivity contribution in [2.24, 2.45) is 0 Å². The molecule has 0 bridgehead atoms. The van der Waals surface area contributed by atoms with Gasteiger partial charge in [-0.15, -0.1) is 0 Å². The normalized spacial score (nSPS) is 16.5. The van der Waals surface area contributed by atoms with Crippen molar-refractivity contribution in [3.05, 3.63) is 29.8 Å². The summed E-state index contributed by atoms with van der Waals surface area (Å²) in [5.74, 6) is 0.522. The standard InChI is InChI=1S/C12H15ClN6/c13-9-5-15-12(16-6-9)18-10-7-17-19(8-10)11-1-3-14-4-2-11/h5-8,11,14H,1-4H2,(H,15,16,18). The number of nitrogens with one attached hydrogen (secondary N) is 2. The minimum atomic E-state index is 0.475. The van der Waals surface area contributed by atoms with Crippen LogP contribution in [0, 0.1) is 0 Å². The molecule has 1 aliphatic rings. The molecular formula is C12H15ClN6. The van der Waals surface area contributed by atoms with Gasteiger partial charge in [-0.05, 0) is 25.9 Å². The molecule has 3 heterocycles. The Hall–Kier alpha value is -1.66. The Morgan fingerprint density at radius 2 is 1.95 bits per heavy atom. The van der Waals surface area contributed by atoms with Crippen molar-refractivity contribution in [3.63, 3.8) is 0 Å². The van der Waals surface area contributed by atoms with Crippen LogP contribution in [0.2, 0.25) is 5.02 Å². The lowest BCUT2D eigenvalue weighted by atomic mass is 10.1. The van der Waals surface area contributed by atoms with Crippen molar-refractivity contribution in [1.82, 2.24) is 25.1 Å². The van der Waals surface area contributed by atoms with E-state index in [0.29, 0.717) is 17.0 Å². The Bertz CT molecular complexity index is 531. The summed E-state index contributed by atoms with van der Waals surface area (Å²) >= 11 is 5.75. The molecule has 0 saturated carbocycles. The Kier molecular flexibility index (Phi) is 3.61. The summed E-state index contributed by atoms with van der Waals surface area (Å²) < 4.78 is 2.01. The zero-order valence-corrected chi connectivity index (χ0v) is 11.1. The zero-order valence-electron chi connectivity index (χ0n) is 10.4. The van der Waals surface area contributed by atoms with Gasteiger partial charge in [-0.1, -0.05) is 11.6 Å². The first-order valence-electron chi connectivity index (χ1n) is 6.31. The molecule has 2 aromatic rings. The number of hydrogen-bond acceptors (Lipinski definition) is 5. The fraction of sp³-hybridized carbons (Fsp3) is 0.417. The highest BCUT2D eigenvalue weighted by atomic mass is 35.5. The maximum absolute atomic E-state index is 5.75. The van der Waals surface area contributed by atoms with Crippen LogP contribution in [0.25, 0.3) is 0 Å². The number of halogens is 1. The SMILES string of the molecule is Clc1cnc(Nc2cnn(C3CCNCC3)c2)nc1. The van der Waals surface area contributed by atoms with Crippen LogP contribution in [0.4, 0.5) is 11.6 Å². The van der Waals surface area contributed by atoms with Gasteiger partial charge in [0.2, 0.25) is 5.95 Å². The van der Waals surface area contributed by atoms with Crippen LogP contribution < -0.4 is 10.6 Å². The van der Waals surface area contributed by atoms with Crippen molar-refractivity contribution in [1.29, 1.82) is 0 Å². The fourth-order valence-electron chi connectivity index (χ4n) is 2.18. The van der Waals surface area contributed by atoms with Crippen LogP contribution in [-0.4, -0.2) is 32.8 Å². The van der Waals surface area contributed by atoms with Gasteiger partial charge in [-0.3, -0.25) is 4.68 Å². The lowest BCUT2D eigenvalue weighted by Crippen LogP contribution is -2.29. The van der Waals surface area contributed by atoms with Gasteiger partial charge >= 0.3 is 0 Å². The molecule has 1 fully saturated rings. The molecule has 0 aromatic carbocycles. The molecule has 1 saturated heterocycles. The first kappa shape index (κ1) is 12.4. The summed E-state index contributed by atoms with van der Waals surface area (Å²) in [6.07, 6.45) is 9.13.